The molecule has 0 saturated carbocycles. The van der Waals surface area contributed by atoms with E-state index < -0.39 is 0 Å². The van der Waals surface area contributed by atoms with Crippen LogP contribution in [0.2, 0.25) is 0 Å². The Kier molecular flexibility index (Phi) is 8.85. The van der Waals surface area contributed by atoms with Gasteiger partial charge in [-0.25, -0.2) is 4.98 Å². The Morgan fingerprint density at radius 2 is 2.25 bits per heavy atom. The highest BCUT2D eigenvalue weighted by Gasteiger charge is 2.28. The lowest BCUT2D eigenvalue weighted by Crippen LogP contribution is -2.38. The Morgan fingerprint density at radius 1 is 1.50 bits per heavy atom. The van der Waals surface area contributed by atoms with Crippen molar-refractivity contribution in [2.24, 2.45) is 5.73 Å². The standard InChI is InChI=1S/C13H22N4O.2ClH/c1-11-15-7-9-16(11)10-12-4-3-8-17(12)13(18)5-2-6-14;;/h7,9,12H,2-6,8,10,14H2,1H3;2*1H. The summed E-state index contributed by atoms with van der Waals surface area (Å²) in [6, 6.07) is 0.322. The van der Waals surface area contributed by atoms with Gasteiger partial charge in [0.1, 0.15) is 5.82 Å². The van der Waals surface area contributed by atoms with Gasteiger partial charge in [0.2, 0.25) is 5.91 Å². The number of likely N-dealkylation sites (tertiary alicyclic amines) is 1. The first-order chi connectivity index (χ1) is 8.72. The van der Waals surface area contributed by atoms with Crippen LogP contribution in [0.3, 0.4) is 0 Å². The van der Waals surface area contributed by atoms with Crippen molar-refractivity contribution in [3.8, 4) is 0 Å². The molecule has 1 amide bonds. The summed E-state index contributed by atoms with van der Waals surface area (Å²) in [5.74, 6) is 1.26. The van der Waals surface area contributed by atoms with E-state index in [4.69, 9.17) is 5.73 Å². The molecular weight excluding hydrogens is 299 g/mol. The molecule has 0 aliphatic carbocycles. The third-order valence-corrected chi connectivity index (χ3v) is 3.62. The van der Waals surface area contributed by atoms with Crippen molar-refractivity contribution < 1.29 is 4.79 Å². The average molecular weight is 323 g/mol. The molecule has 5 nitrogen and oxygen atoms in total. The minimum atomic E-state index is 0. The molecule has 1 unspecified atom stereocenters. The second kappa shape index (κ2) is 9.21. The highest BCUT2D eigenvalue weighted by molar-refractivity contribution is 5.85. The van der Waals surface area contributed by atoms with E-state index in [9.17, 15) is 4.79 Å². The zero-order valence-electron chi connectivity index (χ0n) is 11.8. The van der Waals surface area contributed by atoms with Gasteiger partial charge in [0, 0.05) is 37.9 Å². The molecule has 0 spiro atoms. The van der Waals surface area contributed by atoms with Crippen molar-refractivity contribution in [2.75, 3.05) is 13.1 Å². The highest BCUT2D eigenvalue weighted by Crippen LogP contribution is 2.20. The maximum absolute atomic E-state index is 12.1. The average Bonchev–Trinajstić information content (AvgIpc) is 2.97. The second-order valence-electron chi connectivity index (χ2n) is 4.90. The molecule has 0 radical (unpaired) electrons. The Morgan fingerprint density at radius 3 is 2.85 bits per heavy atom. The van der Waals surface area contributed by atoms with Crippen LogP contribution < -0.4 is 5.73 Å². The number of hydrogen-bond acceptors (Lipinski definition) is 3. The smallest absolute Gasteiger partial charge is 0.222 e. The Balaban J connectivity index is 0.00000180. The third kappa shape index (κ3) is 4.65. The molecule has 1 aliphatic rings. The fourth-order valence-corrected chi connectivity index (χ4v) is 2.57. The fourth-order valence-electron chi connectivity index (χ4n) is 2.57. The van der Waals surface area contributed by atoms with Crippen LogP contribution >= 0.6 is 24.8 Å². The number of imidazole rings is 1. The van der Waals surface area contributed by atoms with Crippen LogP contribution in [0.5, 0.6) is 0 Å². The zero-order valence-corrected chi connectivity index (χ0v) is 13.5. The summed E-state index contributed by atoms with van der Waals surface area (Å²) in [5, 5.41) is 0. The Hall–Kier alpha value is -0.780. The summed E-state index contributed by atoms with van der Waals surface area (Å²) in [6.07, 6.45) is 7.35. The van der Waals surface area contributed by atoms with Crippen molar-refractivity contribution in [1.29, 1.82) is 0 Å². The first kappa shape index (κ1) is 19.2. The van der Waals surface area contributed by atoms with Gasteiger partial charge in [0.15, 0.2) is 0 Å². The molecule has 1 atom stereocenters. The van der Waals surface area contributed by atoms with Gasteiger partial charge in [0.25, 0.3) is 0 Å². The number of hydrogen-bond donors (Lipinski definition) is 1. The molecule has 1 fully saturated rings. The zero-order chi connectivity index (χ0) is 13.0. The molecule has 0 bridgehead atoms. The predicted octanol–water partition coefficient (Wildman–Crippen LogP) is 1.77. The molecule has 1 aromatic heterocycles. The number of nitrogens with two attached hydrogens (primary N) is 1. The van der Waals surface area contributed by atoms with Gasteiger partial charge in [0.05, 0.1) is 0 Å². The van der Waals surface area contributed by atoms with Gasteiger partial charge >= 0.3 is 0 Å². The molecule has 0 aromatic carbocycles. The van der Waals surface area contributed by atoms with E-state index in [1.807, 2.05) is 24.2 Å². The van der Waals surface area contributed by atoms with E-state index in [0.717, 1.165) is 38.2 Å². The van der Waals surface area contributed by atoms with Crippen LogP contribution in [0, 0.1) is 6.92 Å². The van der Waals surface area contributed by atoms with Gasteiger partial charge in [-0.15, -0.1) is 24.8 Å². The van der Waals surface area contributed by atoms with E-state index >= 15 is 0 Å². The molecule has 7 heteroatoms. The van der Waals surface area contributed by atoms with Gasteiger partial charge in [-0.05, 0) is 32.7 Å². The minimum absolute atomic E-state index is 0. The number of nitrogens with zero attached hydrogens (tertiary/aromatic N) is 3. The molecular formula is C13H24Cl2N4O. The predicted molar refractivity (Wildman–Crippen MR) is 84.5 cm³/mol. The number of carbonyl (C=O) groups excluding carboxylic acids is 1. The quantitative estimate of drug-likeness (QED) is 0.898. The molecule has 1 saturated heterocycles. The summed E-state index contributed by atoms with van der Waals surface area (Å²) in [6.45, 7) is 4.34. The SMILES string of the molecule is Cc1nccn1CC1CCCN1C(=O)CCCN.Cl.Cl. The monoisotopic (exact) mass is 322 g/mol. The molecule has 1 aromatic rings. The van der Waals surface area contributed by atoms with Crippen LogP contribution in [0.25, 0.3) is 0 Å². The topological polar surface area (TPSA) is 64.2 Å². The van der Waals surface area contributed by atoms with Gasteiger partial charge < -0.3 is 15.2 Å². The van der Waals surface area contributed by atoms with Crippen molar-refractivity contribution >= 4 is 30.7 Å². The number of halogens is 2. The molecule has 116 valence electrons. The third-order valence-electron chi connectivity index (χ3n) is 3.62. The lowest BCUT2D eigenvalue weighted by molar-refractivity contribution is -0.132. The summed E-state index contributed by atoms with van der Waals surface area (Å²) in [7, 11) is 0. The van der Waals surface area contributed by atoms with Crippen LogP contribution in [0.1, 0.15) is 31.5 Å². The fraction of sp³-hybridized carbons (Fsp3) is 0.692. The number of rotatable bonds is 5. The maximum Gasteiger partial charge on any atom is 0.222 e. The van der Waals surface area contributed by atoms with Crippen molar-refractivity contribution in [3.05, 3.63) is 18.2 Å². The van der Waals surface area contributed by atoms with Crippen molar-refractivity contribution in [2.45, 2.75) is 45.2 Å². The van der Waals surface area contributed by atoms with E-state index in [0.29, 0.717) is 19.0 Å². The van der Waals surface area contributed by atoms with Crippen molar-refractivity contribution in [1.82, 2.24) is 14.5 Å². The lowest BCUT2D eigenvalue weighted by Gasteiger charge is -2.25. The number of carbonyl (C=O) groups is 1. The Labute approximate surface area is 132 Å². The van der Waals surface area contributed by atoms with Gasteiger partial charge in [-0.3, -0.25) is 4.79 Å². The number of amides is 1. The first-order valence-electron chi connectivity index (χ1n) is 6.69. The van der Waals surface area contributed by atoms with Crippen LogP contribution in [0.15, 0.2) is 12.4 Å². The van der Waals surface area contributed by atoms with E-state index in [-0.39, 0.29) is 30.7 Å². The largest absolute Gasteiger partial charge is 0.338 e. The lowest BCUT2D eigenvalue weighted by atomic mass is 10.2. The molecule has 20 heavy (non-hydrogen) atoms. The number of aryl methyl sites for hydroxylation is 1. The van der Waals surface area contributed by atoms with E-state index in [1.54, 1.807) is 0 Å². The minimum Gasteiger partial charge on any atom is -0.338 e. The molecule has 2 N–H and O–H groups in total. The summed E-state index contributed by atoms with van der Waals surface area (Å²) in [5.41, 5.74) is 5.46. The normalized spacial score (nSPS) is 17.5. The van der Waals surface area contributed by atoms with Crippen LogP contribution in [-0.2, 0) is 11.3 Å². The highest BCUT2D eigenvalue weighted by atomic mass is 35.5. The van der Waals surface area contributed by atoms with E-state index in [1.165, 1.54) is 0 Å². The molecule has 2 heterocycles. The van der Waals surface area contributed by atoms with Gasteiger partial charge in [-0.2, -0.15) is 0 Å². The van der Waals surface area contributed by atoms with Crippen LogP contribution in [0.4, 0.5) is 0 Å². The second-order valence-corrected chi connectivity index (χ2v) is 4.90. The summed E-state index contributed by atoms with van der Waals surface area (Å²) < 4.78 is 2.12. The van der Waals surface area contributed by atoms with Crippen LogP contribution in [-0.4, -0.2) is 39.5 Å². The number of aromatic nitrogens is 2. The molecule has 1 aliphatic heterocycles. The summed E-state index contributed by atoms with van der Waals surface area (Å²) >= 11 is 0. The maximum atomic E-state index is 12.1. The molecule has 2 rings (SSSR count). The Bertz CT molecular complexity index is 411. The van der Waals surface area contributed by atoms with E-state index in [2.05, 4.69) is 9.55 Å². The summed E-state index contributed by atoms with van der Waals surface area (Å²) in [4.78, 5) is 18.3. The van der Waals surface area contributed by atoms with Crippen molar-refractivity contribution in [3.63, 3.8) is 0 Å². The first-order valence-corrected chi connectivity index (χ1v) is 6.69. The van der Waals surface area contributed by atoms with Gasteiger partial charge in [-0.1, -0.05) is 0 Å².